The van der Waals surface area contributed by atoms with Gasteiger partial charge in [0.1, 0.15) is 11.1 Å². The Kier molecular flexibility index (Phi) is 3.40. The standard InChI is InChI=1S/C11H6ClN3S/c12-8-3-1-6-15-11(8)16-10-4-2-5-14-9(10)7-13/h1-6H. The first-order valence-corrected chi connectivity index (χ1v) is 5.64. The Labute approximate surface area is 102 Å². The van der Waals surface area contributed by atoms with E-state index in [9.17, 15) is 0 Å². The molecule has 3 nitrogen and oxygen atoms in total. The van der Waals surface area contributed by atoms with Gasteiger partial charge < -0.3 is 0 Å². The molecule has 0 amide bonds. The molecule has 0 aliphatic carbocycles. The predicted molar refractivity (Wildman–Crippen MR) is 62.3 cm³/mol. The summed E-state index contributed by atoms with van der Waals surface area (Å²) in [5.41, 5.74) is 0.384. The highest BCUT2D eigenvalue weighted by atomic mass is 35.5. The molecule has 0 saturated heterocycles. The van der Waals surface area contributed by atoms with Crippen LogP contribution in [0.4, 0.5) is 0 Å². The minimum absolute atomic E-state index is 0.384. The maximum atomic E-state index is 8.89. The van der Waals surface area contributed by atoms with E-state index in [4.69, 9.17) is 16.9 Å². The summed E-state index contributed by atoms with van der Waals surface area (Å²) in [6, 6.07) is 9.16. The molecule has 0 saturated carbocycles. The monoisotopic (exact) mass is 247 g/mol. The van der Waals surface area contributed by atoms with Crippen LogP contribution < -0.4 is 0 Å². The normalized spacial score (nSPS) is 9.75. The summed E-state index contributed by atoms with van der Waals surface area (Å²) in [6.07, 6.45) is 3.25. The van der Waals surface area contributed by atoms with Crippen LogP contribution in [0.1, 0.15) is 5.69 Å². The highest BCUT2D eigenvalue weighted by Crippen LogP contribution is 2.32. The topological polar surface area (TPSA) is 49.6 Å². The van der Waals surface area contributed by atoms with Crippen LogP contribution in [0.5, 0.6) is 0 Å². The third-order valence-corrected chi connectivity index (χ3v) is 3.29. The predicted octanol–water partition coefficient (Wildman–Crippen LogP) is 3.15. The van der Waals surface area contributed by atoms with Crippen LogP contribution >= 0.6 is 23.4 Å². The number of rotatable bonds is 2. The van der Waals surface area contributed by atoms with E-state index in [1.807, 2.05) is 12.1 Å². The average Bonchev–Trinajstić information content (AvgIpc) is 2.33. The summed E-state index contributed by atoms with van der Waals surface area (Å²) in [6.45, 7) is 0. The van der Waals surface area contributed by atoms with Crippen molar-refractivity contribution in [2.45, 2.75) is 9.92 Å². The first-order chi connectivity index (χ1) is 7.81. The highest BCUT2D eigenvalue weighted by Gasteiger charge is 2.07. The molecule has 2 aromatic rings. The number of aromatic nitrogens is 2. The van der Waals surface area contributed by atoms with E-state index in [1.165, 1.54) is 11.8 Å². The Balaban J connectivity index is 2.35. The maximum absolute atomic E-state index is 8.89. The fourth-order valence-electron chi connectivity index (χ4n) is 1.11. The van der Waals surface area contributed by atoms with Gasteiger partial charge in [0.2, 0.25) is 0 Å². The molecular formula is C11H6ClN3S. The summed E-state index contributed by atoms with van der Waals surface area (Å²) in [4.78, 5) is 8.87. The summed E-state index contributed by atoms with van der Waals surface area (Å²) < 4.78 is 0. The first-order valence-electron chi connectivity index (χ1n) is 4.45. The Hall–Kier alpha value is -1.57. The number of hydrogen-bond acceptors (Lipinski definition) is 4. The smallest absolute Gasteiger partial charge is 0.154 e. The van der Waals surface area contributed by atoms with Gasteiger partial charge in [0.15, 0.2) is 5.69 Å². The quantitative estimate of drug-likeness (QED) is 0.818. The lowest BCUT2D eigenvalue weighted by molar-refractivity contribution is 1.12. The fourth-order valence-corrected chi connectivity index (χ4v) is 2.17. The van der Waals surface area contributed by atoms with Crippen molar-refractivity contribution >= 4 is 23.4 Å². The van der Waals surface area contributed by atoms with Crippen LogP contribution in [0.2, 0.25) is 5.02 Å². The molecule has 2 heterocycles. The molecule has 5 heteroatoms. The molecule has 0 fully saturated rings. The van der Waals surface area contributed by atoms with Gasteiger partial charge in [0, 0.05) is 12.4 Å². The van der Waals surface area contributed by atoms with Gasteiger partial charge in [-0.3, -0.25) is 0 Å². The van der Waals surface area contributed by atoms with E-state index >= 15 is 0 Å². The van der Waals surface area contributed by atoms with E-state index in [1.54, 1.807) is 30.6 Å². The lowest BCUT2D eigenvalue weighted by Gasteiger charge is -2.03. The molecule has 0 aliphatic heterocycles. The molecule has 0 aromatic carbocycles. The van der Waals surface area contributed by atoms with Gasteiger partial charge in [-0.2, -0.15) is 5.26 Å². The molecule has 2 aromatic heterocycles. The van der Waals surface area contributed by atoms with Crippen LogP contribution in [-0.2, 0) is 0 Å². The number of nitriles is 1. The number of halogens is 1. The Morgan fingerprint density at radius 3 is 2.69 bits per heavy atom. The van der Waals surface area contributed by atoms with Crippen molar-refractivity contribution in [1.29, 1.82) is 5.26 Å². The number of pyridine rings is 2. The molecule has 0 unspecified atom stereocenters. The second kappa shape index (κ2) is 4.97. The summed E-state index contributed by atoms with van der Waals surface area (Å²) in [5, 5.41) is 10.1. The van der Waals surface area contributed by atoms with Crippen molar-refractivity contribution in [2.75, 3.05) is 0 Å². The zero-order chi connectivity index (χ0) is 11.4. The van der Waals surface area contributed by atoms with Crippen LogP contribution in [0.15, 0.2) is 46.6 Å². The molecule has 0 radical (unpaired) electrons. The summed E-state index contributed by atoms with van der Waals surface area (Å²) in [5.74, 6) is 0. The molecule has 16 heavy (non-hydrogen) atoms. The van der Waals surface area contributed by atoms with Gasteiger partial charge in [0.25, 0.3) is 0 Å². The van der Waals surface area contributed by atoms with E-state index < -0.39 is 0 Å². The van der Waals surface area contributed by atoms with Crippen LogP contribution in [-0.4, -0.2) is 9.97 Å². The second-order valence-corrected chi connectivity index (χ2v) is 4.29. The average molecular weight is 248 g/mol. The first kappa shape index (κ1) is 10.9. The summed E-state index contributed by atoms with van der Waals surface area (Å²) >= 11 is 7.32. The van der Waals surface area contributed by atoms with Crippen LogP contribution in [0.25, 0.3) is 0 Å². The van der Waals surface area contributed by atoms with Crippen molar-refractivity contribution in [1.82, 2.24) is 9.97 Å². The van der Waals surface area contributed by atoms with E-state index in [0.29, 0.717) is 15.7 Å². The molecule has 0 spiro atoms. The van der Waals surface area contributed by atoms with Crippen molar-refractivity contribution in [2.24, 2.45) is 0 Å². The van der Waals surface area contributed by atoms with Gasteiger partial charge in [-0.15, -0.1) is 0 Å². The van der Waals surface area contributed by atoms with Crippen molar-refractivity contribution in [3.8, 4) is 6.07 Å². The molecule has 0 atom stereocenters. The van der Waals surface area contributed by atoms with Gasteiger partial charge in [-0.05, 0) is 24.3 Å². The lowest BCUT2D eigenvalue weighted by Crippen LogP contribution is -1.87. The van der Waals surface area contributed by atoms with Gasteiger partial charge in [-0.1, -0.05) is 23.4 Å². The Bertz CT molecular complexity index is 551. The minimum Gasteiger partial charge on any atom is -0.248 e. The van der Waals surface area contributed by atoms with Crippen LogP contribution in [0, 0.1) is 11.3 Å². The highest BCUT2D eigenvalue weighted by molar-refractivity contribution is 7.99. The summed E-state index contributed by atoms with van der Waals surface area (Å²) in [7, 11) is 0. The molecular weight excluding hydrogens is 242 g/mol. The Morgan fingerprint density at radius 1 is 1.19 bits per heavy atom. The SMILES string of the molecule is N#Cc1ncccc1Sc1ncccc1Cl. The number of nitrogens with zero attached hydrogens (tertiary/aromatic N) is 3. The van der Waals surface area contributed by atoms with Crippen molar-refractivity contribution < 1.29 is 0 Å². The third-order valence-electron chi connectivity index (χ3n) is 1.81. The third kappa shape index (κ3) is 2.32. The molecule has 2 rings (SSSR count). The Morgan fingerprint density at radius 2 is 1.94 bits per heavy atom. The van der Waals surface area contributed by atoms with E-state index in [0.717, 1.165) is 4.90 Å². The number of hydrogen-bond donors (Lipinski definition) is 0. The zero-order valence-electron chi connectivity index (χ0n) is 8.09. The fraction of sp³-hybridized carbons (Fsp3) is 0. The zero-order valence-corrected chi connectivity index (χ0v) is 9.66. The minimum atomic E-state index is 0.384. The van der Waals surface area contributed by atoms with Gasteiger partial charge >= 0.3 is 0 Å². The molecule has 78 valence electrons. The van der Waals surface area contributed by atoms with Gasteiger partial charge in [-0.25, -0.2) is 9.97 Å². The molecule has 0 bridgehead atoms. The maximum Gasteiger partial charge on any atom is 0.154 e. The van der Waals surface area contributed by atoms with Gasteiger partial charge in [0.05, 0.1) is 9.92 Å². The van der Waals surface area contributed by atoms with E-state index in [-0.39, 0.29) is 0 Å². The lowest BCUT2D eigenvalue weighted by atomic mass is 10.4. The molecule has 0 aliphatic rings. The largest absolute Gasteiger partial charge is 0.248 e. The molecule has 0 N–H and O–H groups in total. The van der Waals surface area contributed by atoms with Crippen LogP contribution in [0.3, 0.4) is 0 Å². The van der Waals surface area contributed by atoms with Crippen molar-refractivity contribution in [3.05, 3.63) is 47.4 Å². The van der Waals surface area contributed by atoms with Crippen molar-refractivity contribution in [3.63, 3.8) is 0 Å². The van der Waals surface area contributed by atoms with E-state index in [2.05, 4.69) is 9.97 Å². The second-order valence-electron chi connectivity index (χ2n) is 2.85.